The van der Waals surface area contributed by atoms with Crippen LogP contribution >= 0.6 is 0 Å². The molecule has 7 heteroatoms. The Hall–Kier alpha value is -2.83. The van der Waals surface area contributed by atoms with Gasteiger partial charge in [-0.2, -0.15) is 5.10 Å². The molecular weight excluding hydrogens is 326 g/mol. The summed E-state index contributed by atoms with van der Waals surface area (Å²) in [5, 5.41) is 13.4. The van der Waals surface area contributed by atoms with Gasteiger partial charge in [-0.25, -0.2) is 0 Å². The van der Waals surface area contributed by atoms with Crippen molar-refractivity contribution >= 4 is 11.6 Å². The van der Waals surface area contributed by atoms with Crippen LogP contribution in [0, 0.1) is 13.8 Å². The number of para-hydroxylation sites is 1. The fourth-order valence-corrected chi connectivity index (χ4v) is 3.54. The van der Waals surface area contributed by atoms with Gasteiger partial charge in [-0.05, 0) is 32.0 Å². The third-order valence-corrected chi connectivity index (χ3v) is 5.02. The second kappa shape index (κ2) is 6.82. The van der Waals surface area contributed by atoms with Crippen molar-refractivity contribution in [2.45, 2.75) is 20.4 Å². The van der Waals surface area contributed by atoms with Gasteiger partial charge in [-0.3, -0.25) is 9.25 Å². The third kappa shape index (κ3) is 3.16. The van der Waals surface area contributed by atoms with Crippen LogP contribution in [0.5, 0.6) is 0 Å². The number of hydrogen-bond donors (Lipinski definition) is 0. The smallest absolute Gasteiger partial charge is 0.227 e. The largest absolute Gasteiger partial charge is 0.368 e. The maximum atomic E-state index is 4.53. The van der Waals surface area contributed by atoms with Crippen LogP contribution in [-0.2, 0) is 13.6 Å². The van der Waals surface area contributed by atoms with E-state index in [0.717, 1.165) is 49.3 Å². The number of aryl methyl sites for hydroxylation is 2. The van der Waals surface area contributed by atoms with Crippen molar-refractivity contribution < 1.29 is 0 Å². The van der Waals surface area contributed by atoms with Gasteiger partial charge in [0.15, 0.2) is 5.82 Å². The molecule has 1 saturated heterocycles. The standard InChI is InChI=1S/C19H25N7/c1-15-13-16(2)26(22-15)14-18-20-21-19(23(18)3)25-11-9-24(10-12-25)17-7-5-4-6-8-17/h4-8,13H,9-12,14H2,1-3H3. The van der Waals surface area contributed by atoms with Gasteiger partial charge >= 0.3 is 0 Å². The minimum atomic E-state index is 0.646. The lowest BCUT2D eigenvalue weighted by Gasteiger charge is -2.36. The summed E-state index contributed by atoms with van der Waals surface area (Å²) in [6.07, 6.45) is 0. The first kappa shape index (κ1) is 16.6. The molecule has 0 aliphatic carbocycles. The highest BCUT2D eigenvalue weighted by Crippen LogP contribution is 2.19. The van der Waals surface area contributed by atoms with E-state index in [9.17, 15) is 0 Å². The average molecular weight is 351 g/mol. The molecule has 0 bridgehead atoms. The van der Waals surface area contributed by atoms with Crippen molar-refractivity contribution in [3.8, 4) is 0 Å². The molecule has 0 radical (unpaired) electrons. The van der Waals surface area contributed by atoms with Crippen LogP contribution in [0.1, 0.15) is 17.2 Å². The van der Waals surface area contributed by atoms with Crippen molar-refractivity contribution in [2.24, 2.45) is 7.05 Å². The van der Waals surface area contributed by atoms with Gasteiger partial charge in [0.05, 0.1) is 5.69 Å². The van der Waals surface area contributed by atoms with Crippen LogP contribution < -0.4 is 9.80 Å². The Labute approximate surface area is 153 Å². The van der Waals surface area contributed by atoms with Gasteiger partial charge in [0.25, 0.3) is 0 Å². The van der Waals surface area contributed by atoms with Crippen LogP contribution in [0.3, 0.4) is 0 Å². The highest BCUT2D eigenvalue weighted by Gasteiger charge is 2.22. The predicted molar refractivity (Wildman–Crippen MR) is 103 cm³/mol. The summed E-state index contributed by atoms with van der Waals surface area (Å²) in [6.45, 7) is 8.60. The lowest BCUT2D eigenvalue weighted by atomic mass is 10.2. The van der Waals surface area contributed by atoms with E-state index in [4.69, 9.17) is 0 Å². The lowest BCUT2D eigenvalue weighted by molar-refractivity contribution is 0.600. The molecule has 1 aliphatic heterocycles. The summed E-state index contributed by atoms with van der Waals surface area (Å²) in [5.74, 6) is 1.87. The van der Waals surface area contributed by atoms with Crippen molar-refractivity contribution in [1.29, 1.82) is 0 Å². The molecule has 0 N–H and O–H groups in total. The molecule has 7 nitrogen and oxygen atoms in total. The maximum Gasteiger partial charge on any atom is 0.227 e. The van der Waals surface area contributed by atoms with E-state index in [1.807, 2.05) is 18.7 Å². The summed E-state index contributed by atoms with van der Waals surface area (Å²) in [7, 11) is 2.04. The third-order valence-electron chi connectivity index (χ3n) is 5.02. The van der Waals surface area contributed by atoms with Crippen molar-refractivity contribution in [1.82, 2.24) is 24.5 Å². The van der Waals surface area contributed by atoms with Crippen molar-refractivity contribution in [2.75, 3.05) is 36.0 Å². The first-order valence-electron chi connectivity index (χ1n) is 9.06. The van der Waals surface area contributed by atoms with Crippen LogP contribution in [0.25, 0.3) is 0 Å². The second-order valence-electron chi connectivity index (χ2n) is 6.87. The number of rotatable bonds is 4. The maximum absolute atomic E-state index is 4.53. The van der Waals surface area contributed by atoms with Gasteiger partial charge < -0.3 is 9.80 Å². The Kier molecular flexibility index (Phi) is 4.36. The minimum Gasteiger partial charge on any atom is -0.368 e. The highest BCUT2D eigenvalue weighted by atomic mass is 15.4. The van der Waals surface area contributed by atoms with Crippen LogP contribution in [-0.4, -0.2) is 50.7 Å². The molecule has 1 aromatic carbocycles. The highest BCUT2D eigenvalue weighted by molar-refractivity contribution is 5.48. The first-order chi connectivity index (χ1) is 12.6. The Bertz CT molecular complexity index is 873. The summed E-state index contributed by atoms with van der Waals surface area (Å²) in [6, 6.07) is 12.7. The van der Waals surface area contributed by atoms with Gasteiger partial charge in [-0.15, -0.1) is 10.2 Å². The van der Waals surface area contributed by atoms with E-state index >= 15 is 0 Å². The van der Waals surface area contributed by atoms with Crippen molar-refractivity contribution in [3.05, 3.63) is 53.6 Å². The number of benzene rings is 1. The zero-order chi connectivity index (χ0) is 18.1. The van der Waals surface area contributed by atoms with Gasteiger partial charge in [0.2, 0.25) is 5.95 Å². The molecule has 3 aromatic rings. The molecule has 3 heterocycles. The molecule has 1 fully saturated rings. The summed E-state index contributed by atoms with van der Waals surface area (Å²) in [4.78, 5) is 4.74. The van der Waals surface area contributed by atoms with E-state index in [0.29, 0.717) is 6.54 Å². The predicted octanol–water partition coefficient (Wildman–Crippen LogP) is 2.00. The van der Waals surface area contributed by atoms with Gasteiger partial charge in [0.1, 0.15) is 6.54 Å². The summed E-state index contributed by atoms with van der Waals surface area (Å²) in [5.41, 5.74) is 3.46. The number of aromatic nitrogens is 5. The Morgan fingerprint density at radius 1 is 0.923 bits per heavy atom. The van der Waals surface area contributed by atoms with Crippen LogP contribution in [0.4, 0.5) is 11.6 Å². The zero-order valence-corrected chi connectivity index (χ0v) is 15.6. The van der Waals surface area contributed by atoms with Gasteiger partial charge in [0, 0.05) is 44.6 Å². The molecule has 0 atom stereocenters. The Morgan fingerprint density at radius 2 is 1.62 bits per heavy atom. The second-order valence-corrected chi connectivity index (χ2v) is 6.87. The zero-order valence-electron chi connectivity index (χ0n) is 15.6. The molecule has 26 heavy (non-hydrogen) atoms. The molecule has 0 spiro atoms. The van der Waals surface area contributed by atoms with Crippen molar-refractivity contribution in [3.63, 3.8) is 0 Å². The Morgan fingerprint density at radius 3 is 2.27 bits per heavy atom. The number of piperazine rings is 1. The molecule has 2 aromatic heterocycles. The molecule has 0 saturated carbocycles. The topological polar surface area (TPSA) is 55.0 Å². The minimum absolute atomic E-state index is 0.646. The fourth-order valence-electron chi connectivity index (χ4n) is 3.54. The first-order valence-corrected chi connectivity index (χ1v) is 9.06. The monoisotopic (exact) mass is 351 g/mol. The van der Waals surface area contributed by atoms with Crippen LogP contribution in [0.2, 0.25) is 0 Å². The molecule has 0 amide bonds. The van der Waals surface area contributed by atoms with E-state index in [1.54, 1.807) is 0 Å². The van der Waals surface area contributed by atoms with E-state index in [2.05, 4.69) is 73.0 Å². The Balaban J connectivity index is 1.45. The summed E-state index contributed by atoms with van der Waals surface area (Å²) < 4.78 is 4.07. The SMILES string of the molecule is Cc1cc(C)n(Cc2nnc(N3CCN(c4ccccc4)CC3)n2C)n1. The number of nitrogens with zero attached hydrogens (tertiary/aromatic N) is 7. The number of hydrogen-bond acceptors (Lipinski definition) is 5. The normalized spacial score (nSPS) is 14.9. The molecule has 136 valence electrons. The average Bonchev–Trinajstić information content (AvgIpc) is 3.18. The molecule has 4 rings (SSSR count). The van der Waals surface area contributed by atoms with Gasteiger partial charge in [-0.1, -0.05) is 18.2 Å². The number of anilines is 2. The van der Waals surface area contributed by atoms with E-state index in [1.165, 1.54) is 5.69 Å². The quantitative estimate of drug-likeness (QED) is 0.720. The molecular formula is C19H25N7. The van der Waals surface area contributed by atoms with E-state index < -0.39 is 0 Å². The summed E-state index contributed by atoms with van der Waals surface area (Å²) >= 11 is 0. The molecule has 0 unspecified atom stereocenters. The molecule has 1 aliphatic rings. The lowest BCUT2D eigenvalue weighted by Crippen LogP contribution is -2.47. The van der Waals surface area contributed by atoms with Crippen LogP contribution in [0.15, 0.2) is 36.4 Å². The van der Waals surface area contributed by atoms with E-state index in [-0.39, 0.29) is 0 Å². The fraction of sp³-hybridized carbons (Fsp3) is 0.421.